The molecule has 0 spiro atoms. The van der Waals surface area contributed by atoms with E-state index in [4.69, 9.17) is 4.74 Å². The molecular formula is C9H17NO. The number of likely N-dealkylation sites (N-methyl/N-ethyl adjacent to an activating group) is 1. The van der Waals surface area contributed by atoms with Crippen LogP contribution in [0.25, 0.3) is 0 Å². The van der Waals surface area contributed by atoms with Gasteiger partial charge in [-0.2, -0.15) is 0 Å². The van der Waals surface area contributed by atoms with Crippen LogP contribution in [0.1, 0.15) is 26.2 Å². The molecule has 11 heavy (non-hydrogen) atoms. The van der Waals surface area contributed by atoms with Crippen LogP contribution in [0.3, 0.4) is 0 Å². The van der Waals surface area contributed by atoms with Crippen LogP contribution < -0.4 is 0 Å². The maximum atomic E-state index is 5.82. The lowest BCUT2D eigenvalue weighted by Gasteiger charge is -2.12. The smallest absolute Gasteiger partial charge is 0.0720 e. The molecular weight excluding hydrogens is 138 g/mol. The fourth-order valence-electron chi connectivity index (χ4n) is 1.71. The fourth-order valence-corrected chi connectivity index (χ4v) is 1.71. The molecule has 1 aliphatic heterocycles. The van der Waals surface area contributed by atoms with Crippen LogP contribution >= 0.6 is 0 Å². The lowest BCUT2D eigenvalue weighted by atomic mass is 10.2. The molecule has 2 atom stereocenters. The molecule has 0 bridgehead atoms. The fraction of sp³-hybridized carbons (Fsp3) is 1.00. The van der Waals surface area contributed by atoms with E-state index in [2.05, 4.69) is 18.9 Å². The molecule has 0 radical (unpaired) electrons. The van der Waals surface area contributed by atoms with Crippen LogP contribution in [0.5, 0.6) is 0 Å². The van der Waals surface area contributed by atoms with Gasteiger partial charge in [-0.3, -0.25) is 0 Å². The average Bonchev–Trinajstić information content (AvgIpc) is 2.65. The van der Waals surface area contributed by atoms with Crippen LogP contribution in [0.2, 0.25) is 0 Å². The summed E-state index contributed by atoms with van der Waals surface area (Å²) in [5, 5.41) is 0. The Kier molecular flexibility index (Phi) is 1.90. The van der Waals surface area contributed by atoms with Crippen molar-refractivity contribution in [3.05, 3.63) is 0 Å². The Morgan fingerprint density at radius 2 is 2.00 bits per heavy atom. The highest BCUT2D eigenvalue weighted by Crippen LogP contribution is 2.29. The standard InChI is InChI=1S/C9H17NO/c1-7-5-9(6-10(7)2)11-8-3-4-8/h7-9H,3-6H2,1-2H3/t7-,9?/m0/s1. The summed E-state index contributed by atoms with van der Waals surface area (Å²) in [6, 6.07) is 0.721. The van der Waals surface area contributed by atoms with Crippen molar-refractivity contribution < 1.29 is 4.74 Å². The minimum absolute atomic E-state index is 0.530. The van der Waals surface area contributed by atoms with Crippen molar-refractivity contribution in [3.63, 3.8) is 0 Å². The van der Waals surface area contributed by atoms with Gasteiger partial charge in [-0.05, 0) is 33.2 Å². The number of rotatable bonds is 2. The van der Waals surface area contributed by atoms with E-state index in [1.165, 1.54) is 19.3 Å². The summed E-state index contributed by atoms with van der Waals surface area (Å²) in [7, 11) is 2.18. The minimum Gasteiger partial charge on any atom is -0.374 e. The van der Waals surface area contributed by atoms with Gasteiger partial charge in [-0.15, -0.1) is 0 Å². The Balaban J connectivity index is 1.78. The van der Waals surface area contributed by atoms with E-state index >= 15 is 0 Å². The van der Waals surface area contributed by atoms with Crippen molar-refractivity contribution in [2.45, 2.75) is 44.4 Å². The zero-order valence-corrected chi connectivity index (χ0v) is 7.42. The van der Waals surface area contributed by atoms with E-state index in [0.717, 1.165) is 12.6 Å². The van der Waals surface area contributed by atoms with Crippen molar-refractivity contribution >= 4 is 0 Å². The molecule has 0 amide bonds. The van der Waals surface area contributed by atoms with Crippen molar-refractivity contribution in [2.75, 3.05) is 13.6 Å². The molecule has 0 aromatic carbocycles. The molecule has 0 N–H and O–H groups in total. The highest BCUT2D eigenvalue weighted by molar-refractivity contribution is 4.84. The van der Waals surface area contributed by atoms with Crippen molar-refractivity contribution in [1.82, 2.24) is 4.90 Å². The molecule has 2 fully saturated rings. The SMILES string of the molecule is C[C@H]1CC(OC2CC2)CN1C. The first kappa shape index (κ1) is 7.56. The summed E-state index contributed by atoms with van der Waals surface area (Å²) in [5.41, 5.74) is 0. The average molecular weight is 155 g/mol. The van der Waals surface area contributed by atoms with Crippen LogP contribution in [0, 0.1) is 0 Å². The molecule has 0 aromatic heterocycles. The molecule has 2 aliphatic rings. The topological polar surface area (TPSA) is 12.5 Å². The predicted octanol–water partition coefficient (Wildman–Crippen LogP) is 1.26. The maximum absolute atomic E-state index is 5.82. The third-order valence-corrected chi connectivity index (χ3v) is 2.76. The van der Waals surface area contributed by atoms with Crippen LogP contribution in [-0.2, 0) is 4.74 Å². The van der Waals surface area contributed by atoms with Crippen LogP contribution in [0.15, 0.2) is 0 Å². The van der Waals surface area contributed by atoms with Crippen LogP contribution in [-0.4, -0.2) is 36.7 Å². The van der Waals surface area contributed by atoms with Crippen LogP contribution in [0.4, 0.5) is 0 Å². The van der Waals surface area contributed by atoms with Gasteiger partial charge in [-0.25, -0.2) is 0 Å². The predicted molar refractivity (Wildman–Crippen MR) is 44.6 cm³/mol. The van der Waals surface area contributed by atoms with Gasteiger partial charge in [0.15, 0.2) is 0 Å². The molecule has 1 saturated heterocycles. The summed E-state index contributed by atoms with van der Waals surface area (Å²) >= 11 is 0. The molecule has 0 aromatic rings. The first-order valence-corrected chi connectivity index (χ1v) is 4.61. The maximum Gasteiger partial charge on any atom is 0.0720 e. The first-order chi connectivity index (χ1) is 5.25. The molecule has 1 aliphatic carbocycles. The van der Waals surface area contributed by atoms with Gasteiger partial charge in [0.25, 0.3) is 0 Å². The molecule has 1 unspecified atom stereocenters. The Labute approximate surface area is 68.5 Å². The van der Waals surface area contributed by atoms with Gasteiger partial charge in [0, 0.05) is 12.6 Å². The number of nitrogens with zero attached hydrogens (tertiary/aromatic N) is 1. The zero-order chi connectivity index (χ0) is 7.84. The molecule has 2 heteroatoms. The highest BCUT2D eigenvalue weighted by Gasteiger charge is 2.32. The molecule has 1 heterocycles. The van der Waals surface area contributed by atoms with E-state index in [-0.39, 0.29) is 0 Å². The molecule has 2 rings (SSSR count). The molecule has 1 saturated carbocycles. The highest BCUT2D eigenvalue weighted by atomic mass is 16.5. The van der Waals surface area contributed by atoms with Gasteiger partial charge in [0.1, 0.15) is 0 Å². The third kappa shape index (κ3) is 1.74. The zero-order valence-electron chi connectivity index (χ0n) is 7.42. The Hall–Kier alpha value is -0.0800. The van der Waals surface area contributed by atoms with Crippen molar-refractivity contribution in [3.8, 4) is 0 Å². The number of hydrogen-bond donors (Lipinski definition) is 0. The van der Waals surface area contributed by atoms with E-state index in [1.807, 2.05) is 0 Å². The van der Waals surface area contributed by atoms with E-state index in [0.29, 0.717) is 12.2 Å². The Morgan fingerprint density at radius 3 is 2.45 bits per heavy atom. The number of likely N-dealkylation sites (tertiary alicyclic amines) is 1. The monoisotopic (exact) mass is 155 g/mol. The van der Waals surface area contributed by atoms with Gasteiger partial charge in [-0.1, -0.05) is 0 Å². The lowest BCUT2D eigenvalue weighted by molar-refractivity contribution is 0.0476. The largest absolute Gasteiger partial charge is 0.374 e. The molecule has 2 nitrogen and oxygen atoms in total. The summed E-state index contributed by atoms with van der Waals surface area (Å²) in [6.07, 6.45) is 4.98. The second-order valence-electron chi connectivity index (χ2n) is 3.98. The van der Waals surface area contributed by atoms with Crippen molar-refractivity contribution in [1.29, 1.82) is 0 Å². The summed E-state index contributed by atoms with van der Waals surface area (Å²) in [5.74, 6) is 0. The summed E-state index contributed by atoms with van der Waals surface area (Å²) < 4.78 is 5.82. The Bertz CT molecular complexity index is 132. The summed E-state index contributed by atoms with van der Waals surface area (Å²) in [6.45, 7) is 3.41. The Morgan fingerprint density at radius 1 is 1.27 bits per heavy atom. The van der Waals surface area contributed by atoms with Crippen molar-refractivity contribution in [2.24, 2.45) is 0 Å². The first-order valence-electron chi connectivity index (χ1n) is 4.61. The van der Waals surface area contributed by atoms with Gasteiger partial charge in [0.05, 0.1) is 12.2 Å². The van der Waals surface area contributed by atoms with Gasteiger partial charge in [0.2, 0.25) is 0 Å². The second kappa shape index (κ2) is 2.76. The quantitative estimate of drug-likeness (QED) is 0.595. The third-order valence-electron chi connectivity index (χ3n) is 2.76. The summed E-state index contributed by atoms with van der Waals surface area (Å²) in [4.78, 5) is 2.38. The van der Waals surface area contributed by atoms with E-state index in [1.54, 1.807) is 0 Å². The van der Waals surface area contributed by atoms with E-state index < -0.39 is 0 Å². The molecule has 64 valence electrons. The van der Waals surface area contributed by atoms with Gasteiger partial charge >= 0.3 is 0 Å². The van der Waals surface area contributed by atoms with E-state index in [9.17, 15) is 0 Å². The normalized spacial score (nSPS) is 39.8. The number of hydrogen-bond acceptors (Lipinski definition) is 2. The number of ether oxygens (including phenoxy) is 1. The van der Waals surface area contributed by atoms with Gasteiger partial charge < -0.3 is 9.64 Å². The second-order valence-corrected chi connectivity index (χ2v) is 3.98. The minimum atomic E-state index is 0.530. The lowest BCUT2D eigenvalue weighted by Crippen LogP contribution is -2.23.